The Morgan fingerprint density at radius 3 is 2.55 bits per heavy atom. The average molecular weight is 551 g/mol. The summed E-state index contributed by atoms with van der Waals surface area (Å²) < 4.78 is 31.0. The molecule has 0 aromatic heterocycles. The number of rotatable bonds is 11. The highest BCUT2D eigenvalue weighted by molar-refractivity contribution is 5.89. The lowest BCUT2D eigenvalue weighted by molar-refractivity contribution is -0.160. The van der Waals surface area contributed by atoms with Crippen molar-refractivity contribution in [3.05, 3.63) is 77.6 Å². The molecule has 40 heavy (non-hydrogen) atoms. The Hall–Kier alpha value is -4.11. The molecule has 9 heteroatoms. The molecule has 0 bridgehead atoms. The highest BCUT2D eigenvalue weighted by Gasteiger charge is 2.37. The minimum absolute atomic E-state index is 0.0644. The van der Waals surface area contributed by atoms with Crippen LogP contribution in [0.4, 0.5) is 10.1 Å². The third kappa shape index (κ3) is 6.90. The second-order valence-corrected chi connectivity index (χ2v) is 10.2. The molecule has 1 fully saturated rings. The van der Waals surface area contributed by atoms with Crippen LogP contribution in [-0.4, -0.2) is 67.9 Å². The first-order valence-electron chi connectivity index (χ1n) is 13.2. The zero-order chi connectivity index (χ0) is 28.9. The molecule has 1 aliphatic rings. The van der Waals surface area contributed by atoms with Crippen molar-refractivity contribution in [1.82, 2.24) is 4.90 Å². The van der Waals surface area contributed by atoms with Gasteiger partial charge < -0.3 is 29.1 Å². The van der Waals surface area contributed by atoms with E-state index in [1.807, 2.05) is 37.9 Å². The van der Waals surface area contributed by atoms with Crippen LogP contribution in [0, 0.1) is 5.82 Å². The smallest absolute Gasteiger partial charge is 0.335 e. The van der Waals surface area contributed by atoms with Crippen molar-refractivity contribution in [2.75, 3.05) is 45.3 Å². The number of hydrogen-bond acceptors (Lipinski definition) is 7. The first-order valence-corrected chi connectivity index (χ1v) is 13.2. The number of halogens is 1. The maximum atomic E-state index is 13.5. The third-order valence-electron chi connectivity index (χ3n) is 6.92. The van der Waals surface area contributed by atoms with Crippen LogP contribution in [-0.2, 0) is 16.1 Å². The van der Waals surface area contributed by atoms with Gasteiger partial charge in [0.2, 0.25) is 0 Å². The Kier molecular flexibility index (Phi) is 8.94. The molecule has 1 unspecified atom stereocenters. The van der Waals surface area contributed by atoms with Crippen molar-refractivity contribution < 1.29 is 33.3 Å². The molecular formula is C31H35FN2O6. The van der Waals surface area contributed by atoms with Crippen molar-refractivity contribution in [2.45, 2.75) is 32.4 Å². The van der Waals surface area contributed by atoms with Gasteiger partial charge in [-0.1, -0.05) is 18.2 Å². The Morgan fingerprint density at radius 1 is 1.15 bits per heavy atom. The van der Waals surface area contributed by atoms with Gasteiger partial charge in [0, 0.05) is 25.2 Å². The molecule has 1 atom stereocenters. The Bertz CT molecular complexity index is 1360. The number of hydrogen-bond donors (Lipinski definition) is 1. The van der Waals surface area contributed by atoms with Crippen molar-refractivity contribution in [3.8, 4) is 22.6 Å². The number of nitrogens with zero attached hydrogens (tertiary/aromatic N) is 2. The lowest BCUT2D eigenvalue weighted by Gasteiger charge is -2.41. The minimum atomic E-state index is -1.01. The number of esters is 1. The molecule has 3 aromatic carbocycles. The maximum absolute atomic E-state index is 13.5. The summed E-state index contributed by atoms with van der Waals surface area (Å²) in [6.45, 7) is 6.02. The molecule has 0 saturated carbocycles. The summed E-state index contributed by atoms with van der Waals surface area (Å²) in [5.41, 5.74) is 2.64. The van der Waals surface area contributed by atoms with E-state index in [-0.39, 0.29) is 23.9 Å². The largest absolute Gasteiger partial charge is 0.496 e. The van der Waals surface area contributed by atoms with E-state index >= 15 is 0 Å². The number of benzene rings is 3. The predicted molar refractivity (Wildman–Crippen MR) is 151 cm³/mol. The van der Waals surface area contributed by atoms with Crippen LogP contribution in [0.1, 0.15) is 36.2 Å². The van der Waals surface area contributed by atoms with Gasteiger partial charge in [-0.3, -0.25) is 4.79 Å². The van der Waals surface area contributed by atoms with Crippen molar-refractivity contribution in [3.63, 3.8) is 0 Å². The van der Waals surface area contributed by atoms with Crippen molar-refractivity contribution >= 4 is 17.6 Å². The minimum Gasteiger partial charge on any atom is -0.496 e. The zero-order valence-corrected chi connectivity index (χ0v) is 23.3. The molecule has 0 aliphatic carbocycles. The fourth-order valence-corrected chi connectivity index (χ4v) is 4.99. The van der Waals surface area contributed by atoms with Gasteiger partial charge in [-0.15, -0.1) is 0 Å². The molecule has 0 radical (unpaired) electrons. The van der Waals surface area contributed by atoms with Crippen LogP contribution in [0.25, 0.3) is 11.1 Å². The van der Waals surface area contributed by atoms with E-state index in [0.29, 0.717) is 49.8 Å². The molecule has 1 saturated heterocycles. The van der Waals surface area contributed by atoms with Gasteiger partial charge in [0.05, 0.1) is 31.4 Å². The number of cyclic esters (lactones) is 1. The van der Waals surface area contributed by atoms with Crippen molar-refractivity contribution in [1.29, 1.82) is 0 Å². The van der Waals surface area contributed by atoms with Crippen LogP contribution in [0.3, 0.4) is 0 Å². The number of methoxy groups -OCH3 is 1. The van der Waals surface area contributed by atoms with Gasteiger partial charge in [0.25, 0.3) is 0 Å². The Labute approximate surface area is 233 Å². The van der Waals surface area contributed by atoms with E-state index < -0.39 is 11.6 Å². The SMILES string of the molecule is CCOc1cc(CN(C)CCC2(C)CN(c3cccc(C(=O)O)c3)CC(=O)O2)cc(OC)c1-c1ccc(F)cc1. The zero-order valence-electron chi connectivity index (χ0n) is 23.3. The molecule has 1 aliphatic heterocycles. The highest BCUT2D eigenvalue weighted by Crippen LogP contribution is 2.40. The van der Waals surface area contributed by atoms with E-state index in [1.54, 1.807) is 37.4 Å². The first-order chi connectivity index (χ1) is 19.1. The molecule has 8 nitrogen and oxygen atoms in total. The number of carboxylic acids is 1. The van der Waals surface area contributed by atoms with Gasteiger partial charge in [-0.05, 0) is 74.5 Å². The third-order valence-corrected chi connectivity index (χ3v) is 6.92. The molecule has 212 valence electrons. The summed E-state index contributed by atoms with van der Waals surface area (Å²) in [6, 6.07) is 16.7. The fourth-order valence-electron chi connectivity index (χ4n) is 4.99. The summed E-state index contributed by atoms with van der Waals surface area (Å²) in [6.07, 6.45) is 0.577. The maximum Gasteiger partial charge on any atom is 0.335 e. The van der Waals surface area contributed by atoms with Crippen LogP contribution >= 0.6 is 0 Å². The topological polar surface area (TPSA) is 88.5 Å². The Morgan fingerprint density at radius 2 is 1.88 bits per heavy atom. The van der Waals surface area contributed by atoms with Crippen molar-refractivity contribution in [2.24, 2.45) is 0 Å². The van der Waals surface area contributed by atoms with E-state index in [2.05, 4.69) is 4.90 Å². The average Bonchev–Trinajstić information content (AvgIpc) is 2.92. The van der Waals surface area contributed by atoms with Gasteiger partial charge >= 0.3 is 11.9 Å². The number of carboxylic acid groups (broad SMARTS) is 1. The van der Waals surface area contributed by atoms with E-state index in [0.717, 1.165) is 16.7 Å². The van der Waals surface area contributed by atoms with Crippen LogP contribution in [0.5, 0.6) is 11.5 Å². The molecule has 3 aromatic rings. The molecule has 0 amide bonds. The lowest BCUT2D eigenvalue weighted by atomic mass is 9.98. The van der Waals surface area contributed by atoms with Crippen LogP contribution < -0.4 is 14.4 Å². The van der Waals surface area contributed by atoms with Gasteiger partial charge in [0.15, 0.2) is 0 Å². The summed E-state index contributed by atoms with van der Waals surface area (Å²) in [4.78, 5) is 27.9. The Balaban J connectivity index is 1.47. The van der Waals surface area contributed by atoms with E-state index in [9.17, 15) is 19.1 Å². The van der Waals surface area contributed by atoms with Gasteiger partial charge in [-0.2, -0.15) is 0 Å². The van der Waals surface area contributed by atoms with E-state index in [1.165, 1.54) is 18.2 Å². The number of carbonyl (C=O) groups excluding carboxylic acids is 1. The number of aromatic carboxylic acids is 1. The lowest BCUT2D eigenvalue weighted by Crippen LogP contribution is -2.53. The quantitative estimate of drug-likeness (QED) is 0.324. The van der Waals surface area contributed by atoms with E-state index in [4.69, 9.17) is 14.2 Å². The predicted octanol–water partition coefficient (Wildman–Crippen LogP) is 5.24. The number of ether oxygens (including phenoxy) is 3. The van der Waals surface area contributed by atoms with Crippen LogP contribution in [0.15, 0.2) is 60.7 Å². The fraction of sp³-hybridized carbons (Fsp3) is 0.355. The summed E-state index contributed by atoms with van der Waals surface area (Å²) in [7, 11) is 3.59. The number of anilines is 1. The molecule has 1 heterocycles. The molecular weight excluding hydrogens is 515 g/mol. The second-order valence-electron chi connectivity index (χ2n) is 10.2. The van der Waals surface area contributed by atoms with Gasteiger partial charge in [-0.25, -0.2) is 9.18 Å². The highest BCUT2D eigenvalue weighted by atomic mass is 19.1. The number of morpholine rings is 1. The normalized spacial score (nSPS) is 17.1. The summed E-state index contributed by atoms with van der Waals surface area (Å²) >= 11 is 0. The summed E-state index contributed by atoms with van der Waals surface area (Å²) in [5.74, 6) is -0.383. The van der Waals surface area contributed by atoms with Gasteiger partial charge in [0.1, 0.15) is 29.5 Å². The monoisotopic (exact) mass is 550 g/mol. The molecule has 0 spiro atoms. The molecule has 1 N–H and O–H groups in total. The summed E-state index contributed by atoms with van der Waals surface area (Å²) in [5, 5.41) is 9.35. The second kappa shape index (κ2) is 12.4. The van der Waals surface area contributed by atoms with Crippen LogP contribution in [0.2, 0.25) is 0 Å². The standard InChI is InChI=1S/C31H35FN2O6/c1-5-39-27-16-21(15-26(38-4)29(27)22-9-11-24(32)12-10-22)18-33(3)14-13-31(2)20-34(19-28(35)40-31)25-8-6-7-23(17-25)30(36)37/h6-12,15-17H,5,13-14,18-20H2,1-4H3,(H,36,37). The molecule has 4 rings (SSSR count). The first kappa shape index (κ1) is 28.9. The number of carbonyl (C=O) groups is 2.